The lowest BCUT2D eigenvalue weighted by atomic mass is 10.2. The lowest BCUT2D eigenvalue weighted by Crippen LogP contribution is -2.01. The van der Waals surface area contributed by atoms with Crippen LogP contribution >= 0.6 is 27.7 Å². The molecule has 3 nitrogen and oxygen atoms in total. The van der Waals surface area contributed by atoms with E-state index in [1.807, 2.05) is 13.0 Å². The number of halogens is 1. The van der Waals surface area contributed by atoms with Crippen molar-refractivity contribution in [1.29, 1.82) is 0 Å². The van der Waals surface area contributed by atoms with Crippen molar-refractivity contribution in [3.8, 4) is 0 Å². The zero-order valence-corrected chi connectivity index (χ0v) is 11.3. The predicted octanol–water partition coefficient (Wildman–Crippen LogP) is 3.28. The molecule has 0 radical (unpaired) electrons. The van der Waals surface area contributed by atoms with Crippen LogP contribution in [0.4, 0.5) is 0 Å². The van der Waals surface area contributed by atoms with Gasteiger partial charge in [-0.3, -0.25) is 0 Å². The van der Waals surface area contributed by atoms with Crippen LogP contribution in [0.1, 0.15) is 17.3 Å². The summed E-state index contributed by atoms with van der Waals surface area (Å²) in [5.41, 5.74) is 0.338. The first-order valence-electron chi connectivity index (χ1n) is 4.88. The van der Waals surface area contributed by atoms with Crippen LogP contribution in [0.15, 0.2) is 27.6 Å². The van der Waals surface area contributed by atoms with Crippen molar-refractivity contribution < 1.29 is 14.6 Å². The lowest BCUT2D eigenvalue weighted by Gasteiger charge is -2.06. The molecule has 88 valence electrons. The number of thioether (sulfide) groups is 1. The van der Waals surface area contributed by atoms with Gasteiger partial charge in [-0.2, -0.15) is 0 Å². The van der Waals surface area contributed by atoms with Gasteiger partial charge in [-0.25, -0.2) is 4.79 Å². The summed E-state index contributed by atoms with van der Waals surface area (Å²) < 4.78 is 6.09. The average Bonchev–Trinajstić information content (AvgIpc) is 2.24. The molecule has 16 heavy (non-hydrogen) atoms. The first kappa shape index (κ1) is 13.5. The van der Waals surface area contributed by atoms with E-state index in [4.69, 9.17) is 9.84 Å². The van der Waals surface area contributed by atoms with E-state index in [0.717, 1.165) is 15.1 Å². The molecular formula is C11H13BrO3S. The third-order valence-corrected chi connectivity index (χ3v) is 3.38. The number of rotatable bonds is 6. The number of ether oxygens (including phenoxy) is 1. The van der Waals surface area contributed by atoms with Gasteiger partial charge in [-0.1, -0.05) is 15.9 Å². The SMILES string of the molecule is CCOCCSc1cc(Br)ccc1C(=O)O. The Morgan fingerprint density at radius 2 is 2.31 bits per heavy atom. The van der Waals surface area contributed by atoms with Gasteiger partial charge in [0.05, 0.1) is 12.2 Å². The Balaban J connectivity index is 2.68. The molecule has 0 saturated heterocycles. The summed E-state index contributed by atoms with van der Waals surface area (Å²) in [4.78, 5) is 11.7. The number of benzene rings is 1. The number of carboxylic acids is 1. The second kappa shape index (κ2) is 6.93. The summed E-state index contributed by atoms with van der Waals surface area (Å²) in [6.07, 6.45) is 0. The summed E-state index contributed by atoms with van der Waals surface area (Å²) in [6, 6.07) is 5.16. The molecule has 0 saturated carbocycles. The minimum atomic E-state index is -0.897. The van der Waals surface area contributed by atoms with Crippen molar-refractivity contribution in [3.05, 3.63) is 28.2 Å². The Kier molecular flexibility index (Phi) is 5.87. The fourth-order valence-electron chi connectivity index (χ4n) is 1.15. The van der Waals surface area contributed by atoms with Crippen molar-refractivity contribution in [1.82, 2.24) is 0 Å². The molecule has 0 aliphatic carbocycles. The average molecular weight is 305 g/mol. The summed E-state index contributed by atoms with van der Waals surface area (Å²) in [7, 11) is 0. The molecule has 5 heteroatoms. The van der Waals surface area contributed by atoms with Crippen molar-refractivity contribution >= 4 is 33.7 Å². The number of carboxylic acid groups (broad SMARTS) is 1. The maximum atomic E-state index is 11.0. The van der Waals surface area contributed by atoms with Crippen LogP contribution in [0.5, 0.6) is 0 Å². The van der Waals surface area contributed by atoms with E-state index in [-0.39, 0.29) is 0 Å². The molecule has 1 aromatic carbocycles. The van der Waals surface area contributed by atoms with Gasteiger partial charge in [0.25, 0.3) is 0 Å². The molecule has 0 amide bonds. The molecule has 0 fully saturated rings. The topological polar surface area (TPSA) is 46.5 Å². The van der Waals surface area contributed by atoms with Crippen molar-refractivity contribution in [2.75, 3.05) is 19.0 Å². The highest BCUT2D eigenvalue weighted by atomic mass is 79.9. The lowest BCUT2D eigenvalue weighted by molar-refractivity contribution is 0.0693. The Bertz CT molecular complexity index is 368. The Morgan fingerprint density at radius 1 is 1.56 bits per heavy atom. The summed E-state index contributed by atoms with van der Waals surface area (Å²) in [5, 5.41) is 9.00. The third-order valence-electron chi connectivity index (χ3n) is 1.86. The molecular weight excluding hydrogens is 292 g/mol. The molecule has 0 heterocycles. The summed E-state index contributed by atoms with van der Waals surface area (Å²) >= 11 is 4.82. The number of aromatic carboxylic acids is 1. The fraction of sp³-hybridized carbons (Fsp3) is 0.364. The highest BCUT2D eigenvalue weighted by Gasteiger charge is 2.10. The Labute approximate surface area is 107 Å². The smallest absolute Gasteiger partial charge is 0.336 e. The van der Waals surface area contributed by atoms with E-state index in [9.17, 15) is 4.79 Å². The number of hydrogen-bond acceptors (Lipinski definition) is 3. The number of hydrogen-bond donors (Lipinski definition) is 1. The van der Waals surface area contributed by atoms with Gasteiger partial charge in [0.1, 0.15) is 0 Å². The number of carbonyl (C=O) groups is 1. The minimum absolute atomic E-state index is 0.338. The van der Waals surface area contributed by atoms with Crippen LogP contribution in [-0.4, -0.2) is 30.0 Å². The third kappa shape index (κ3) is 4.15. The maximum absolute atomic E-state index is 11.0. The fourth-order valence-corrected chi connectivity index (χ4v) is 2.60. The zero-order chi connectivity index (χ0) is 12.0. The van der Waals surface area contributed by atoms with Gasteiger partial charge in [0.15, 0.2) is 0 Å². The van der Waals surface area contributed by atoms with E-state index in [1.54, 1.807) is 12.1 Å². The normalized spacial score (nSPS) is 10.4. The monoisotopic (exact) mass is 304 g/mol. The van der Waals surface area contributed by atoms with Gasteiger partial charge in [0.2, 0.25) is 0 Å². The Morgan fingerprint density at radius 3 is 2.94 bits per heavy atom. The highest BCUT2D eigenvalue weighted by molar-refractivity contribution is 9.10. The molecule has 1 N–H and O–H groups in total. The molecule has 0 atom stereocenters. The molecule has 0 spiro atoms. The van der Waals surface area contributed by atoms with Crippen molar-refractivity contribution in [2.24, 2.45) is 0 Å². The molecule has 0 aliphatic rings. The van der Waals surface area contributed by atoms with E-state index >= 15 is 0 Å². The summed E-state index contributed by atoms with van der Waals surface area (Å²) in [6.45, 7) is 3.25. The van der Waals surface area contributed by atoms with E-state index in [0.29, 0.717) is 18.8 Å². The molecule has 1 rings (SSSR count). The first-order valence-corrected chi connectivity index (χ1v) is 6.66. The minimum Gasteiger partial charge on any atom is -0.478 e. The molecule has 1 aromatic rings. The van der Waals surface area contributed by atoms with Crippen LogP contribution < -0.4 is 0 Å². The van der Waals surface area contributed by atoms with Gasteiger partial charge in [-0.05, 0) is 25.1 Å². The molecule has 0 aliphatic heterocycles. The van der Waals surface area contributed by atoms with Crippen molar-refractivity contribution in [2.45, 2.75) is 11.8 Å². The van der Waals surface area contributed by atoms with Crippen LogP contribution in [0.25, 0.3) is 0 Å². The second-order valence-electron chi connectivity index (χ2n) is 2.99. The first-order chi connectivity index (χ1) is 7.65. The van der Waals surface area contributed by atoms with E-state index in [1.165, 1.54) is 11.8 Å². The van der Waals surface area contributed by atoms with Crippen LogP contribution in [0.2, 0.25) is 0 Å². The van der Waals surface area contributed by atoms with Gasteiger partial charge < -0.3 is 9.84 Å². The van der Waals surface area contributed by atoms with E-state index < -0.39 is 5.97 Å². The maximum Gasteiger partial charge on any atom is 0.336 e. The molecule has 0 aromatic heterocycles. The predicted molar refractivity (Wildman–Crippen MR) is 68.3 cm³/mol. The molecule has 0 bridgehead atoms. The van der Waals surface area contributed by atoms with Crippen molar-refractivity contribution in [3.63, 3.8) is 0 Å². The van der Waals surface area contributed by atoms with Gasteiger partial charge in [0, 0.05) is 21.7 Å². The second-order valence-corrected chi connectivity index (χ2v) is 5.04. The van der Waals surface area contributed by atoms with Gasteiger partial charge >= 0.3 is 5.97 Å². The van der Waals surface area contributed by atoms with Gasteiger partial charge in [-0.15, -0.1) is 11.8 Å². The van der Waals surface area contributed by atoms with E-state index in [2.05, 4.69) is 15.9 Å². The quantitative estimate of drug-likeness (QED) is 0.647. The van der Waals surface area contributed by atoms with Crippen LogP contribution in [0, 0.1) is 0 Å². The summed E-state index contributed by atoms with van der Waals surface area (Å²) in [5.74, 6) is -0.142. The van der Waals surface area contributed by atoms with Crippen LogP contribution in [0.3, 0.4) is 0 Å². The zero-order valence-electron chi connectivity index (χ0n) is 8.90. The standard InChI is InChI=1S/C11H13BrO3S/c1-2-15-5-6-16-10-7-8(12)3-4-9(10)11(13)14/h3-4,7H,2,5-6H2,1H3,(H,13,14). The largest absolute Gasteiger partial charge is 0.478 e. The highest BCUT2D eigenvalue weighted by Crippen LogP contribution is 2.26. The van der Waals surface area contributed by atoms with Crippen LogP contribution in [-0.2, 0) is 4.74 Å². The molecule has 0 unspecified atom stereocenters. The Hall–Kier alpha value is -0.520.